The lowest BCUT2D eigenvalue weighted by molar-refractivity contribution is 0.193. The molecule has 1 aliphatic heterocycles. The van der Waals surface area contributed by atoms with Crippen molar-refractivity contribution in [2.45, 2.75) is 52.5 Å². The third-order valence-electron chi connectivity index (χ3n) is 3.98. The molecule has 108 valence electrons. The minimum Gasteiger partial charge on any atom is -0.313 e. The normalized spacial score (nSPS) is 18.7. The molecule has 0 spiro atoms. The molecule has 0 atom stereocenters. The summed E-state index contributed by atoms with van der Waals surface area (Å²) >= 11 is 0. The molecule has 0 saturated carbocycles. The smallest absolute Gasteiger partial charge is 0.0107 e. The van der Waals surface area contributed by atoms with Gasteiger partial charge in [-0.3, -0.25) is 0 Å². The summed E-state index contributed by atoms with van der Waals surface area (Å²) in [5.41, 5.74) is 0. The van der Waals surface area contributed by atoms with Crippen LogP contribution < -0.4 is 5.32 Å². The first-order valence-corrected chi connectivity index (χ1v) is 7.98. The summed E-state index contributed by atoms with van der Waals surface area (Å²) in [4.78, 5) is 5.15. The van der Waals surface area contributed by atoms with Gasteiger partial charge in [0.2, 0.25) is 0 Å². The summed E-state index contributed by atoms with van der Waals surface area (Å²) in [6, 6.07) is 0.762. The summed E-state index contributed by atoms with van der Waals surface area (Å²) in [6.07, 6.45) is 5.23. The van der Waals surface area contributed by atoms with Gasteiger partial charge in [-0.05, 0) is 58.4 Å². The number of rotatable bonds is 9. The van der Waals surface area contributed by atoms with Crippen molar-refractivity contribution in [1.82, 2.24) is 15.1 Å². The number of likely N-dealkylation sites (N-methyl/N-ethyl adjacent to an activating group) is 1. The molecule has 0 radical (unpaired) electrons. The molecule has 0 aromatic carbocycles. The maximum Gasteiger partial charge on any atom is 0.0107 e. The lowest BCUT2D eigenvalue weighted by atomic mass is 10.0. The maximum absolute atomic E-state index is 3.74. The maximum atomic E-state index is 3.74. The SMILES string of the molecule is CCCN(CC)CCNC1CCN(CCC)CC1. The molecule has 0 unspecified atom stereocenters. The van der Waals surface area contributed by atoms with Crippen LogP contribution in [0.2, 0.25) is 0 Å². The van der Waals surface area contributed by atoms with E-state index in [1.54, 1.807) is 0 Å². The monoisotopic (exact) mass is 255 g/mol. The highest BCUT2D eigenvalue weighted by Crippen LogP contribution is 2.10. The van der Waals surface area contributed by atoms with Gasteiger partial charge in [0, 0.05) is 19.1 Å². The Kier molecular flexibility index (Phi) is 8.64. The van der Waals surface area contributed by atoms with E-state index in [0.29, 0.717) is 0 Å². The van der Waals surface area contributed by atoms with Gasteiger partial charge in [-0.15, -0.1) is 0 Å². The van der Waals surface area contributed by atoms with Gasteiger partial charge in [-0.2, -0.15) is 0 Å². The summed E-state index contributed by atoms with van der Waals surface area (Å²) in [7, 11) is 0. The first kappa shape index (κ1) is 15.9. The van der Waals surface area contributed by atoms with E-state index < -0.39 is 0 Å². The van der Waals surface area contributed by atoms with Gasteiger partial charge in [-0.25, -0.2) is 0 Å². The Balaban J connectivity index is 2.06. The quantitative estimate of drug-likeness (QED) is 0.681. The molecular formula is C15H33N3. The van der Waals surface area contributed by atoms with Gasteiger partial charge in [0.1, 0.15) is 0 Å². The van der Waals surface area contributed by atoms with Crippen molar-refractivity contribution in [3.63, 3.8) is 0 Å². The molecule has 1 saturated heterocycles. The fourth-order valence-corrected chi connectivity index (χ4v) is 2.85. The van der Waals surface area contributed by atoms with Gasteiger partial charge < -0.3 is 15.1 Å². The van der Waals surface area contributed by atoms with E-state index in [2.05, 4.69) is 35.9 Å². The molecular weight excluding hydrogens is 222 g/mol. The van der Waals surface area contributed by atoms with Crippen LogP contribution in [0.25, 0.3) is 0 Å². The Morgan fingerprint density at radius 2 is 1.78 bits per heavy atom. The molecule has 1 N–H and O–H groups in total. The summed E-state index contributed by atoms with van der Waals surface area (Å²) in [6.45, 7) is 15.5. The standard InChI is InChI=1S/C15H33N3/c1-4-10-17(6-3)14-9-16-15-7-12-18(11-5-2)13-8-15/h15-16H,4-14H2,1-3H3. The molecule has 3 nitrogen and oxygen atoms in total. The average molecular weight is 255 g/mol. The summed E-state index contributed by atoms with van der Waals surface area (Å²) in [5, 5.41) is 3.74. The van der Waals surface area contributed by atoms with Crippen LogP contribution in [-0.4, -0.2) is 61.7 Å². The third-order valence-corrected chi connectivity index (χ3v) is 3.98. The fourth-order valence-electron chi connectivity index (χ4n) is 2.85. The Morgan fingerprint density at radius 1 is 1.06 bits per heavy atom. The van der Waals surface area contributed by atoms with E-state index in [9.17, 15) is 0 Å². The Morgan fingerprint density at radius 3 is 2.33 bits per heavy atom. The summed E-state index contributed by atoms with van der Waals surface area (Å²) in [5.74, 6) is 0. The molecule has 3 heteroatoms. The minimum atomic E-state index is 0.762. The van der Waals surface area contributed by atoms with Crippen LogP contribution in [0.4, 0.5) is 0 Å². The zero-order chi connectivity index (χ0) is 13.2. The van der Waals surface area contributed by atoms with Crippen molar-refractivity contribution in [3.05, 3.63) is 0 Å². The second-order valence-corrected chi connectivity index (χ2v) is 5.50. The molecule has 0 aromatic heterocycles. The van der Waals surface area contributed by atoms with Gasteiger partial charge in [-0.1, -0.05) is 20.8 Å². The van der Waals surface area contributed by atoms with Gasteiger partial charge in [0.05, 0.1) is 0 Å². The molecule has 1 aliphatic rings. The van der Waals surface area contributed by atoms with E-state index in [0.717, 1.165) is 12.6 Å². The Labute approximate surface area is 114 Å². The van der Waals surface area contributed by atoms with Crippen LogP contribution in [0.1, 0.15) is 46.5 Å². The van der Waals surface area contributed by atoms with Gasteiger partial charge in [0.15, 0.2) is 0 Å². The second kappa shape index (κ2) is 9.76. The first-order chi connectivity index (χ1) is 8.80. The van der Waals surface area contributed by atoms with Crippen molar-refractivity contribution < 1.29 is 0 Å². The number of piperidine rings is 1. The second-order valence-electron chi connectivity index (χ2n) is 5.50. The molecule has 1 heterocycles. The molecule has 0 bridgehead atoms. The molecule has 0 amide bonds. The predicted octanol–water partition coefficient (Wildman–Crippen LogP) is 2.18. The zero-order valence-corrected chi connectivity index (χ0v) is 12.7. The van der Waals surface area contributed by atoms with E-state index in [4.69, 9.17) is 0 Å². The van der Waals surface area contributed by atoms with Crippen LogP contribution in [0.5, 0.6) is 0 Å². The van der Waals surface area contributed by atoms with E-state index in [1.807, 2.05) is 0 Å². The minimum absolute atomic E-state index is 0.762. The first-order valence-electron chi connectivity index (χ1n) is 7.98. The van der Waals surface area contributed by atoms with Crippen LogP contribution in [-0.2, 0) is 0 Å². The van der Waals surface area contributed by atoms with Gasteiger partial charge in [0.25, 0.3) is 0 Å². The van der Waals surface area contributed by atoms with Crippen molar-refractivity contribution in [2.24, 2.45) is 0 Å². The Bertz CT molecular complexity index is 188. The van der Waals surface area contributed by atoms with Crippen LogP contribution in [0.3, 0.4) is 0 Å². The lowest BCUT2D eigenvalue weighted by Gasteiger charge is -2.32. The Hall–Kier alpha value is -0.120. The third kappa shape index (κ3) is 6.17. The number of hydrogen-bond donors (Lipinski definition) is 1. The van der Waals surface area contributed by atoms with Crippen molar-refractivity contribution in [3.8, 4) is 0 Å². The highest BCUT2D eigenvalue weighted by molar-refractivity contribution is 4.77. The van der Waals surface area contributed by atoms with Gasteiger partial charge >= 0.3 is 0 Å². The highest BCUT2D eigenvalue weighted by atomic mass is 15.2. The van der Waals surface area contributed by atoms with E-state index >= 15 is 0 Å². The molecule has 18 heavy (non-hydrogen) atoms. The molecule has 0 aliphatic carbocycles. The largest absolute Gasteiger partial charge is 0.313 e. The highest BCUT2D eigenvalue weighted by Gasteiger charge is 2.17. The van der Waals surface area contributed by atoms with E-state index in [1.165, 1.54) is 65.0 Å². The topological polar surface area (TPSA) is 18.5 Å². The van der Waals surface area contributed by atoms with Crippen LogP contribution in [0.15, 0.2) is 0 Å². The molecule has 1 rings (SSSR count). The molecule has 0 aromatic rings. The van der Waals surface area contributed by atoms with Crippen molar-refractivity contribution in [1.29, 1.82) is 0 Å². The van der Waals surface area contributed by atoms with E-state index in [-0.39, 0.29) is 0 Å². The fraction of sp³-hybridized carbons (Fsp3) is 1.00. The van der Waals surface area contributed by atoms with Crippen LogP contribution >= 0.6 is 0 Å². The number of nitrogens with one attached hydrogen (secondary N) is 1. The molecule has 1 fully saturated rings. The zero-order valence-electron chi connectivity index (χ0n) is 12.7. The lowest BCUT2D eigenvalue weighted by Crippen LogP contribution is -2.44. The number of likely N-dealkylation sites (tertiary alicyclic amines) is 1. The van der Waals surface area contributed by atoms with Crippen molar-refractivity contribution >= 4 is 0 Å². The number of nitrogens with zero attached hydrogens (tertiary/aromatic N) is 2. The number of hydrogen-bond acceptors (Lipinski definition) is 3. The summed E-state index contributed by atoms with van der Waals surface area (Å²) < 4.78 is 0. The van der Waals surface area contributed by atoms with Crippen molar-refractivity contribution in [2.75, 3.05) is 45.8 Å². The van der Waals surface area contributed by atoms with Crippen LogP contribution in [0, 0.1) is 0 Å². The average Bonchev–Trinajstić information content (AvgIpc) is 2.40. The predicted molar refractivity (Wildman–Crippen MR) is 80.2 cm³/mol.